The van der Waals surface area contributed by atoms with Gasteiger partial charge in [0.2, 0.25) is 0 Å². The molecule has 0 aliphatic heterocycles. The number of carbonyl (C=O) groups is 1. The summed E-state index contributed by atoms with van der Waals surface area (Å²) in [5.41, 5.74) is 0. The summed E-state index contributed by atoms with van der Waals surface area (Å²) in [7, 11) is 3.63. The van der Waals surface area contributed by atoms with Crippen LogP contribution in [0.3, 0.4) is 0 Å². The number of aliphatic hydroxyl groups excluding tert-OH is 1. The van der Waals surface area contributed by atoms with E-state index in [2.05, 4.69) is 0 Å². The van der Waals surface area contributed by atoms with Crippen LogP contribution in [-0.2, 0) is 4.79 Å². The van der Waals surface area contributed by atoms with E-state index >= 15 is 0 Å². The van der Waals surface area contributed by atoms with Crippen LogP contribution >= 0.6 is 0 Å². The maximum absolute atomic E-state index is 11.4. The van der Waals surface area contributed by atoms with Gasteiger partial charge in [0.15, 0.2) is 0 Å². The Bertz CT molecular complexity index is 224. The molecule has 1 N–H and O–H groups in total. The molecule has 0 fully saturated rings. The topological polar surface area (TPSA) is 40.5 Å². The highest BCUT2D eigenvalue weighted by molar-refractivity contribution is 5.82. The van der Waals surface area contributed by atoms with Crippen molar-refractivity contribution in [1.29, 1.82) is 0 Å². The molecule has 0 aromatic carbocycles. The Labute approximate surface area is 92.8 Å². The molecule has 0 rings (SSSR count). The summed E-state index contributed by atoms with van der Waals surface area (Å²) in [5.74, 6) is 0.109. The van der Waals surface area contributed by atoms with Gasteiger partial charge in [0.25, 0.3) is 0 Å². The zero-order valence-corrected chi connectivity index (χ0v) is 10.4. The fraction of sp³-hybridized carbons (Fsp3) is 0.750. The largest absolute Gasteiger partial charge is 0.391 e. The molecule has 0 radical (unpaired) electrons. The van der Waals surface area contributed by atoms with Gasteiger partial charge < -0.3 is 5.11 Å². The lowest BCUT2D eigenvalue weighted by Gasteiger charge is -2.30. The molecule has 0 aromatic heterocycles. The zero-order chi connectivity index (χ0) is 12.0. The van der Waals surface area contributed by atoms with E-state index in [1.54, 1.807) is 4.90 Å². The minimum Gasteiger partial charge on any atom is -0.391 e. The minimum absolute atomic E-state index is 0.0137. The molecule has 88 valence electrons. The van der Waals surface area contributed by atoms with Crippen molar-refractivity contribution in [2.75, 3.05) is 14.1 Å². The summed E-state index contributed by atoms with van der Waals surface area (Å²) < 4.78 is 0. The fourth-order valence-corrected chi connectivity index (χ4v) is 1.71. The highest BCUT2D eigenvalue weighted by Crippen LogP contribution is 2.15. The van der Waals surface area contributed by atoms with E-state index in [-0.39, 0.29) is 11.7 Å². The Morgan fingerprint density at radius 2 is 2.00 bits per heavy atom. The zero-order valence-electron chi connectivity index (χ0n) is 10.4. The molecule has 0 unspecified atom stereocenters. The van der Waals surface area contributed by atoms with Crippen molar-refractivity contribution in [2.45, 2.75) is 39.3 Å². The van der Waals surface area contributed by atoms with Crippen LogP contribution in [0.5, 0.6) is 0 Å². The van der Waals surface area contributed by atoms with E-state index in [0.29, 0.717) is 0 Å². The van der Waals surface area contributed by atoms with E-state index in [4.69, 9.17) is 0 Å². The third-order valence-corrected chi connectivity index (χ3v) is 2.62. The molecular formula is C12H23NO2. The van der Waals surface area contributed by atoms with Crippen LogP contribution in [0, 0.1) is 5.92 Å². The Morgan fingerprint density at radius 1 is 1.47 bits per heavy atom. The first kappa shape index (κ1) is 14.3. The van der Waals surface area contributed by atoms with Crippen molar-refractivity contribution in [1.82, 2.24) is 4.90 Å². The number of hydrogen-bond donors (Lipinski definition) is 1. The molecule has 0 saturated carbocycles. The van der Waals surface area contributed by atoms with E-state index in [1.165, 1.54) is 6.92 Å². The lowest BCUT2D eigenvalue weighted by Crippen LogP contribution is -2.47. The van der Waals surface area contributed by atoms with Gasteiger partial charge in [-0.15, -0.1) is 0 Å². The molecule has 0 amide bonds. The number of nitrogens with zero attached hydrogens (tertiary/aromatic N) is 1. The minimum atomic E-state index is -0.603. The summed E-state index contributed by atoms with van der Waals surface area (Å²) >= 11 is 0. The maximum atomic E-state index is 11.4. The number of hydrogen-bond acceptors (Lipinski definition) is 3. The SMILES string of the molecule is C/C=C/C[C@@H](C)[C@@H](O)[C@@H](C(C)=O)N(C)C. The average Bonchev–Trinajstić information content (AvgIpc) is 2.12. The molecule has 0 saturated heterocycles. The van der Waals surface area contributed by atoms with Gasteiger partial charge in [0.05, 0.1) is 12.1 Å². The van der Waals surface area contributed by atoms with Crippen LogP contribution < -0.4 is 0 Å². The lowest BCUT2D eigenvalue weighted by molar-refractivity contribution is -0.126. The molecule has 0 aliphatic carbocycles. The number of allylic oxidation sites excluding steroid dienone is 2. The first-order chi connectivity index (χ1) is 6.91. The second-order valence-electron chi connectivity index (χ2n) is 4.29. The van der Waals surface area contributed by atoms with Gasteiger partial charge >= 0.3 is 0 Å². The Kier molecular flexibility index (Phi) is 6.45. The van der Waals surface area contributed by atoms with Crippen molar-refractivity contribution >= 4 is 5.78 Å². The number of Topliss-reactive ketones (excluding diaryl/α,β-unsaturated/α-hetero) is 1. The molecule has 0 aromatic rings. The van der Waals surface area contributed by atoms with Gasteiger partial charge in [-0.2, -0.15) is 0 Å². The predicted octanol–water partition coefficient (Wildman–Crippen LogP) is 1.47. The number of likely N-dealkylation sites (N-methyl/N-ethyl adjacent to an activating group) is 1. The lowest BCUT2D eigenvalue weighted by atomic mass is 9.92. The van der Waals surface area contributed by atoms with Crippen LogP contribution in [-0.4, -0.2) is 42.0 Å². The van der Waals surface area contributed by atoms with E-state index in [9.17, 15) is 9.90 Å². The number of rotatable bonds is 6. The van der Waals surface area contributed by atoms with Crippen LogP contribution in [0.15, 0.2) is 12.2 Å². The van der Waals surface area contributed by atoms with E-state index in [0.717, 1.165) is 6.42 Å². The van der Waals surface area contributed by atoms with Crippen molar-refractivity contribution in [3.63, 3.8) is 0 Å². The summed E-state index contributed by atoms with van der Waals surface area (Å²) in [6.45, 7) is 5.44. The standard InChI is InChI=1S/C12H23NO2/c1-6-7-8-9(2)12(15)11(10(3)14)13(4)5/h6-7,9,11-12,15H,8H2,1-5H3/b7-6+/t9-,11-,12-/m1/s1. The maximum Gasteiger partial charge on any atom is 0.149 e. The third-order valence-electron chi connectivity index (χ3n) is 2.62. The molecule has 0 spiro atoms. The molecular weight excluding hydrogens is 190 g/mol. The van der Waals surface area contributed by atoms with E-state index < -0.39 is 12.1 Å². The second-order valence-corrected chi connectivity index (χ2v) is 4.29. The molecule has 15 heavy (non-hydrogen) atoms. The molecule has 3 atom stereocenters. The van der Waals surface area contributed by atoms with Gasteiger partial charge in [0.1, 0.15) is 5.78 Å². The van der Waals surface area contributed by atoms with Crippen molar-refractivity contribution in [3.8, 4) is 0 Å². The second kappa shape index (κ2) is 6.75. The van der Waals surface area contributed by atoms with Crippen LogP contribution in [0.2, 0.25) is 0 Å². The third kappa shape index (κ3) is 4.58. The highest BCUT2D eigenvalue weighted by Gasteiger charge is 2.29. The fourth-order valence-electron chi connectivity index (χ4n) is 1.71. The monoisotopic (exact) mass is 213 g/mol. The van der Waals surface area contributed by atoms with Crippen molar-refractivity contribution in [2.24, 2.45) is 5.92 Å². The van der Waals surface area contributed by atoms with Crippen molar-refractivity contribution in [3.05, 3.63) is 12.2 Å². The molecule has 3 heteroatoms. The molecule has 0 bridgehead atoms. The van der Waals surface area contributed by atoms with Crippen LogP contribution in [0.25, 0.3) is 0 Å². The van der Waals surface area contributed by atoms with Gasteiger partial charge in [-0.25, -0.2) is 0 Å². The number of ketones is 1. The summed E-state index contributed by atoms with van der Waals surface area (Å²) in [6, 6.07) is -0.398. The molecule has 0 heterocycles. The highest BCUT2D eigenvalue weighted by atomic mass is 16.3. The van der Waals surface area contributed by atoms with Gasteiger partial charge in [0, 0.05) is 0 Å². The van der Waals surface area contributed by atoms with Crippen LogP contribution in [0.1, 0.15) is 27.2 Å². The molecule has 3 nitrogen and oxygen atoms in total. The molecule has 0 aliphatic rings. The Hall–Kier alpha value is -0.670. The Morgan fingerprint density at radius 3 is 2.33 bits per heavy atom. The first-order valence-corrected chi connectivity index (χ1v) is 5.37. The van der Waals surface area contributed by atoms with E-state index in [1.807, 2.05) is 40.1 Å². The van der Waals surface area contributed by atoms with Crippen LogP contribution in [0.4, 0.5) is 0 Å². The quantitative estimate of drug-likeness (QED) is 0.679. The smallest absolute Gasteiger partial charge is 0.149 e. The van der Waals surface area contributed by atoms with Gasteiger partial charge in [-0.3, -0.25) is 9.69 Å². The van der Waals surface area contributed by atoms with Crippen molar-refractivity contribution < 1.29 is 9.90 Å². The number of aliphatic hydroxyl groups is 1. The summed E-state index contributed by atoms with van der Waals surface area (Å²) in [6.07, 6.45) is 4.17. The Balaban J connectivity index is 4.48. The van der Waals surface area contributed by atoms with Gasteiger partial charge in [-0.05, 0) is 40.3 Å². The normalized spacial score (nSPS) is 18.1. The number of carbonyl (C=O) groups excluding carboxylic acids is 1. The summed E-state index contributed by atoms with van der Waals surface area (Å²) in [5, 5.41) is 10.0. The average molecular weight is 213 g/mol. The summed E-state index contributed by atoms with van der Waals surface area (Å²) in [4.78, 5) is 13.2. The predicted molar refractivity (Wildman–Crippen MR) is 62.8 cm³/mol. The van der Waals surface area contributed by atoms with Gasteiger partial charge in [-0.1, -0.05) is 19.1 Å². The first-order valence-electron chi connectivity index (χ1n) is 5.37.